The Kier molecular flexibility index (Phi) is 4.38. The Morgan fingerprint density at radius 3 is 3.08 bits per heavy atom. The van der Waals surface area contributed by atoms with Crippen molar-refractivity contribution in [1.82, 2.24) is 19.9 Å². The van der Waals surface area contributed by atoms with E-state index in [0.717, 1.165) is 23.3 Å². The molecule has 1 fully saturated rings. The van der Waals surface area contributed by atoms with Crippen LogP contribution in [0.2, 0.25) is 0 Å². The number of fused-ring (bicyclic) bond motifs is 1. The smallest absolute Gasteiger partial charge is 0.239 e. The molecule has 7 heteroatoms. The number of H-pyrrole nitrogens is 1. The number of carbonyl (C=O) groups is 1. The van der Waals surface area contributed by atoms with Crippen LogP contribution in [0.25, 0.3) is 11.0 Å². The van der Waals surface area contributed by atoms with Crippen molar-refractivity contribution in [3.05, 3.63) is 18.6 Å². The third-order valence-corrected chi connectivity index (χ3v) is 4.96. The quantitative estimate of drug-likeness (QED) is 0.929. The fraction of sp³-hybridized carbons (Fsp3) is 0.529. The van der Waals surface area contributed by atoms with Gasteiger partial charge in [0.05, 0.1) is 17.5 Å². The molecule has 3 heterocycles. The zero-order valence-corrected chi connectivity index (χ0v) is 14.2. The van der Waals surface area contributed by atoms with Gasteiger partial charge in [-0.05, 0) is 25.3 Å². The van der Waals surface area contributed by atoms with Gasteiger partial charge in [0.15, 0.2) is 0 Å². The van der Waals surface area contributed by atoms with Crippen molar-refractivity contribution in [2.24, 2.45) is 11.8 Å². The van der Waals surface area contributed by atoms with Gasteiger partial charge in [0.25, 0.3) is 0 Å². The summed E-state index contributed by atoms with van der Waals surface area (Å²) in [6.07, 6.45) is 4.32. The molecule has 126 valence electrons. The van der Waals surface area contributed by atoms with E-state index >= 15 is 0 Å². The van der Waals surface area contributed by atoms with Gasteiger partial charge < -0.3 is 14.8 Å². The summed E-state index contributed by atoms with van der Waals surface area (Å²) < 4.78 is 0. The number of likely N-dealkylation sites (N-methyl/N-ethyl adjacent to an activating group) is 1. The molecule has 0 unspecified atom stereocenters. The number of hydrogen-bond acceptors (Lipinski definition) is 5. The monoisotopic (exact) mass is 326 g/mol. The summed E-state index contributed by atoms with van der Waals surface area (Å²) in [6, 6.07) is 4.16. The Morgan fingerprint density at radius 1 is 1.54 bits per heavy atom. The molecular formula is C17H22N6O. The summed E-state index contributed by atoms with van der Waals surface area (Å²) in [6.45, 7) is 5.18. The number of nitriles is 1. The second kappa shape index (κ2) is 6.48. The maximum atomic E-state index is 12.4. The fourth-order valence-electron chi connectivity index (χ4n) is 3.38. The topological polar surface area (TPSA) is 88.9 Å². The van der Waals surface area contributed by atoms with E-state index in [0.29, 0.717) is 19.0 Å². The minimum Gasteiger partial charge on any atom is -0.354 e. The first kappa shape index (κ1) is 16.2. The molecule has 1 aliphatic heterocycles. The number of likely N-dealkylation sites (tertiary alicyclic amines) is 1. The number of nitrogens with zero attached hydrogens (tertiary/aromatic N) is 5. The zero-order chi connectivity index (χ0) is 17.3. The van der Waals surface area contributed by atoms with Crippen molar-refractivity contribution >= 4 is 22.8 Å². The molecule has 3 rings (SSSR count). The average molecular weight is 326 g/mol. The minimum atomic E-state index is -0.597. The highest BCUT2D eigenvalue weighted by atomic mass is 16.2. The summed E-state index contributed by atoms with van der Waals surface area (Å²) in [5.41, 5.74) is 0.807. The molecule has 2 aromatic rings. The van der Waals surface area contributed by atoms with Crippen LogP contribution in [-0.4, -0.2) is 51.9 Å². The van der Waals surface area contributed by atoms with Gasteiger partial charge in [-0.15, -0.1) is 0 Å². The average Bonchev–Trinajstić information content (AvgIpc) is 3.09. The number of amides is 1. The van der Waals surface area contributed by atoms with E-state index in [-0.39, 0.29) is 11.9 Å². The van der Waals surface area contributed by atoms with Gasteiger partial charge in [-0.1, -0.05) is 6.92 Å². The van der Waals surface area contributed by atoms with Crippen LogP contribution in [0.4, 0.5) is 5.82 Å². The van der Waals surface area contributed by atoms with Crippen molar-refractivity contribution in [3.63, 3.8) is 0 Å². The Hall–Kier alpha value is -2.62. The second-order valence-electron chi connectivity index (χ2n) is 6.52. The number of hydrogen-bond donors (Lipinski definition) is 1. The van der Waals surface area contributed by atoms with E-state index in [1.807, 2.05) is 30.3 Å². The molecule has 2 aromatic heterocycles. The Balaban J connectivity index is 1.85. The predicted molar refractivity (Wildman–Crippen MR) is 91.2 cm³/mol. The van der Waals surface area contributed by atoms with E-state index in [2.05, 4.69) is 26.8 Å². The predicted octanol–water partition coefficient (Wildman–Crippen LogP) is 1.79. The fourth-order valence-corrected chi connectivity index (χ4v) is 3.38. The lowest BCUT2D eigenvalue weighted by Gasteiger charge is -2.42. The number of rotatable bonds is 3. The summed E-state index contributed by atoms with van der Waals surface area (Å²) >= 11 is 0. The first-order valence-electron chi connectivity index (χ1n) is 8.22. The van der Waals surface area contributed by atoms with Crippen molar-refractivity contribution in [3.8, 4) is 6.07 Å². The summed E-state index contributed by atoms with van der Waals surface area (Å²) in [5, 5.41) is 9.98. The van der Waals surface area contributed by atoms with Gasteiger partial charge in [0.2, 0.25) is 5.91 Å². The van der Waals surface area contributed by atoms with E-state index in [9.17, 15) is 4.79 Å². The minimum absolute atomic E-state index is 0.0859. The number of aromatic nitrogens is 3. The Labute approximate surface area is 141 Å². The summed E-state index contributed by atoms with van der Waals surface area (Å²) in [5.74, 6) is 0.609. The Bertz CT molecular complexity index is 779. The van der Waals surface area contributed by atoms with Crippen LogP contribution in [0.15, 0.2) is 18.6 Å². The number of nitrogens with one attached hydrogen (secondary N) is 1. The zero-order valence-electron chi connectivity index (χ0n) is 14.2. The molecule has 0 spiro atoms. The molecule has 0 aromatic carbocycles. The number of anilines is 1. The molecule has 3 atom stereocenters. The van der Waals surface area contributed by atoms with E-state index in [1.165, 1.54) is 0 Å². The summed E-state index contributed by atoms with van der Waals surface area (Å²) in [4.78, 5) is 28.1. The van der Waals surface area contributed by atoms with Gasteiger partial charge in [0, 0.05) is 26.3 Å². The van der Waals surface area contributed by atoms with Crippen LogP contribution in [0.1, 0.15) is 20.3 Å². The van der Waals surface area contributed by atoms with Crippen molar-refractivity contribution in [2.45, 2.75) is 26.3 Å². The largest absolute Gasteiger partial charge is 0.354 e. The normalized spacial score (nSPS) is 22.2. The third-order valence-electron chi connectivity index (χ3n) is 4.96. The maximum absolute atomic E-state index is 12.4. The number of carbonyl (C=O) groups excluding carboxylic acids is 1. The molecular weight excluding hydrogens is 304 g/mol. The molecule has 24 heavy (non-hydrogen) atoms. The van der Waals surface area contributed by atoms with Gasteiger partial charge in [-0.25, -0.2) is 9.97 Å². The number of piperidine rings is 1. The third kappa shape index (κ3) is 2.80. The standard InChI is InChI=1S/C17H22N6O/c1-11-5-7-23(17(24)12(2)8-18)9-14(11)22(3)16-13-4-6-19-15(13)20-10-21-16/h4,6,10-12,14H,5,7,9H2,1-3H3,(H,19,20,21)/t11-,12+,14+/m0/s1. The molecule has 7 nitrogen and oxygen atoms in total. The van der Waals surface area contributed by atoms with Crippen LogP contribution < -0.4 is 4.90 Å². The maximum Gasteiger partial charge on any atom is 0.239 e. The first-order chi connectivity index (χ1) is 11.5. The lowest BCUT2D eigenvalue weighted by molar-refractivity contribution is -0.135. The van der Waals surface area contributed by atoms with Gasteiger partial charge >= 0.3 is 0 Å². The second-order valence-corrected chi connectivity index (χ2v) is 6.52. The molecule has 1 aliphatic rings. The van der Waals surface area contributed by atoms with Crippen molar-refractivity contribution in [2.75, 3.05) is 25.0 Å². The molecule has 1 amide bonds. The van der Waals surface area contributed by atoms with Crippen LogP contribution in [0.5, 0.6) is 0 Å². The molecule has 0 radical (unpaired) electrons. The van der Waals surface area contributed by atoms with Crippen molar-refractivity contribution in [1.29, 1.82) is 5.26 Å². The molecule has 0 saturated carbocycles. The van der Waals surface area contributed by atoms with Crippen LogP contribution in [0, 0.1) is 23.2 Å². The van der Waals surface area contributed by atoms with E-state index in [1.54, 1.807) is 13.3 Å². The van der Waals surface area contributed by atoms with E-state index < -0.39 is 5.92 Å². The van der Waals surface area contributed by atoms with Crippen molar-refractivity contribution < 1.29 is 4.79 Å². The van der Waals surface area contributed by atoms with Crippen LogP contribution in [-0.2, 0) is 4.79 Å². The highest BCUT2D eigenvalue weighted by Gasteiger charge is 2.34. The lowest BCUT2D eigenvalue weighted by atomic mass is 9.91. The van der Waals surface area contributed by atoms with Gasteiger partial charge in [0.1, 0.15) is 23.7 Å². The summed E-state index contributed by atoms with van der Waals surface area (Å²) in [7, 11) is 2.01. The Morgan fingerprint density at radius 2 is 2.33 bits per heavy atom. The van der Waals surface area contributed by atoms with Gasteiger partial charge in [-0.2, -0.15) is 5.26 Å². The van der Waals surface area contributed by atoms with Gasteiger partial charge in [-0.3, -0.25) is 4.79 Å². The molecule has 0 bridgehead atoms. The first-order valence-corrected chi connectivity index (χ1v) is 8.22. The number of aromatic amines is 1. The SMILES string of the molecule is C[C@H](C#N)C(=O)N1CC[C@H](C)[C@H](N(C)c2ncnc3[nH]ccc23)C1. The van der Waals surface area contributed by atoms with E-state index in [4.69, 9.17) is 5.26 Å². The highest BCUT2D eigenvalue weighted by molar-refractivity contribution is 5.87. The molecule has 1 saturated heterocycles. The lowest BCUT2D eigenvalue weighted by Crippen LogP contribution is -2.53. The molecule has 0 aliphatic carbocycles. The highest BCUT2D eigenvalue weighted by Crippen LogP contribution is 2.29. The van der Waals surface area contributed by atoms with Crippen LogP contribution >= 0.6 is 0 Å². The molecule has 1 N–H and O–H groups in total. The van der Waals surface area contributed by atoms with Crippen LogP contribution in [0.3, 0.4) is 0 Å².